The Morgan fingerprint density at radius 2 is 1.47 bits per heavy atom. The van der Waals surface area contributed by atoms with Crippen LogP contribution >= 0.6 is 0 Å². The lowest BCUT2D eigenvalue weighted by Gasteiger charge is -2.09. The zero-order valence-electron chi connectivity index (χ0n) is 9.00. The van der Waals surface area contributed by atoms with Gasteiger partial charge < -0.3 is 11.5 Å². The maximum Gasteiger partial charge on any atom is 0.208 e. The normalized spacial score (nSPS) is 11.3. The van der Waals surface area contributed by atoms with Gasteiger partial charge in [0.25, 0.3) is 0 Å². The summed E-state index contributed by atoms with van der Waals surface area (Å²) in [5.41, 5.74) is 11.7. The molecule has 5 heteroatoms. The monoisotopic (exact) mass is 248 g/mol. The lowest BCUT2D eigenvalue weighted by atomic mass is 10.3. The fourth-order valence-electron chi connectivity index (χ4n) is 1.52. The summed E-state index contributed by atoms with van der Waals surface area (Å²) in [5, 5.41) is 0. The maximum atomic E-state index is 12.3. The van der Waals surface area contributed by atoms with Crippen molar-refractivity contribution >= 4 is 21.2 Å². The molecule has 0 heterocycles. The van der Waals surface area contributed by atoms with E-state index in [1.54, 1.807) is 30.3 Å². The summed E-state index contributed by atoms with van der Waals surface area (Å²) in [4.78, 5) is 0.251. The van der Waals surface area contributed by atoms with Crippen LogP contribution in [0.15, 0.2) is 58.3 Å². The number of nitrogens with two attached hydrogens (primary N) is 2. The predicted octanol–water partition coefficient (Wildman–Crippen LogP) is 1.68. The smallest absolute Gasteiger partial charge is 0.208 e. The van der Waals surface area contributed by atoms with Crippen LogP contribution in [-0.4, -0.2) is 8.42 Å². The zero-order chi connectivity index (χ0) is 12.5. The number of rotatable bonds is 2. The minimum atomic E-state index is -3.60. The van der Waals surface area contributed by atoms with E-state index in [0.717, 1.165) is 0 Å². The molecule has 88 valence electrons. The molecular weight excluding hydrogens is 236 g/mol. The number of hydrogen-bond acceptors (Lipinski definition) is 4. The number of benzene rings is 2. The first-order chi connectivity index (χ1) is 8.03. The van der Waals surface area contributed by atoms with E-state index in [0.29, 0.717) is 0 Å². The molecule has 0 aliphatic rings. The van der Waals surface area contributed by atoms with E-state index in [9.17, 15) is 8.42 Å². The van der Waals surface area contributed by atoms with Crippen LogP contribution in [0, 0.1) is 0 Å². The van der Waals surface area contributed by atoms with Crippen LogP contribution in [0.5, 0.6) is 0 Å². The average Bonchev–Trinajstić information content (AvgIpc) is 2.33. The van der Waals surface area contributed by atoms with Gasteiger partial charge in [0.2, 0.25) is 9.84 Å². The van der Waals surface area contributed by atoms with E-state index < -0.39 is 9.84 Å². The molecule has 0 saturated heterocycles. The summed E-state index contributed by atoms with van der Waals surface area (Å²) in [5.74, 6) is 0. The van der Waals surface area contributed by atoms with Crippen molar-refractivity contribution in [2.75, 3.05) is 11.5 Å². The van der Waals surface area contributed by atoms with Crippen molar-refractivity contribution in [3.05, 3.63) is 48.5 Å². The summed E-state index contributed by atoms with van der Waals surface area (Å²) in [6.07, 6.45) is 0. The van der Waals surface area contributed by atoms with Gasteiger partial charge in [0, 0.05) is 0 Å². The molecule has 17 heavy (non-hydrogen) atoms. The van der Waals surface area contributed by atoms with E-state index in [-0.39, 0.29) is 21.2 Å². The standard InChI is InChI=1S/C12H12N2O2S/c13-10-7-4-8-11(12(10)14)17(15,16)9-5-2-1-3-6-9/h1-8H,13-14H2. The highest BCUT2D eigenvalue weighted by Crippen LogP contribution is 2.29. The largest absolute Gasteiger partial charge is 0.397 e. The fourth-order valence-corrected chi connectivity index (χ4v) is 2.96. The third-order valence-electron chi connectivity index (χ3n) is 2.44. The van der Waals surface area contributed by atoms with Gasteiger partial charge in [-0.1, -0.05) is 24.3 Å². The minimum Gasteiger partial charge on any atom is -0.397 e. The van der Waals surface area contributed by atoms with E-state index >= 15 is 0 Å². The molecule has 0 radical (unpaired) electrons. The van der Waals surface area contributed by atoms with Crippen LogP contribution in [0.25, 0.3) is 0 Å². The summed E-state index contributed by atoms with van der Waals surface area (Å²) in [6.45, 7) is 0. The molecule has 0 fully saturated rings. The molecule has 0 aromatic heterocycles. The molecule has 0 aliphatic carbocycles. The second-order valence-electron chi connectivity index (χ2n) is 3.58. The Hall–Kier alpha value is -2.01. The van der Waals surface area contributed by atoms with Crippen molar-refractivity contribution in [3.8, 4) is 0 Å². The molecule has 2 aromatic carbocycles. The second-order valence-corrected chi connectivity index (χ2v) is 5.49. The molecule has 0 aliphatic heterocycles. The average molecular weight is 248 g/mol. The van der Waals surface area contributed by atoms with Gasteiger partial charge in [0.15, 0.2) is 0 Å². The minimum absolute atomic E-state index is 0.0451. The number of hydrogen-bond donors (Lipinski definition) is 2. The van der Waals surface area contributed by atoms with Gasteiger partial charge in [-0.2, -0.15) is 0 Å². The molecule has 4 N–H and O–H groups in total. The number of anilines is 2. The Kier molecular flexibility index (Phi) is 2.77. The molecule has 2 rings (SSSR count). The SMILES string of the molecule is Nc1cccc(S(=O)(=O)c2ccccc2)c1N. The molecule has 0 atom stereocenters. The first-order valence-electron chi connectivity index (χ1n) is 4.97. The third kappa shape index (κ3) is 1.97. The number of para-hydroxylation sites is 1. The Balaban J connectivity index is 2.65. The van der Waals surface area contributed by atoms with Gasteiger partial charge in [-0.3, -0.25) is 0 Å². The van der Waals surface area contributed by atoms with Crippen LogP contribution in [0.1, 0.15) is 0 Å². The highest BCUT2D eigenvalue weighted by atomic mass is 32.2. The fraction of sp³-hybridized carbons (Fsp3) is 0. The number of nitrogen functional groups attached to an aromatic ring is 2. The van der Waals surface area contributed by atoms with Gasteiger partial charge >= 0.3 is 0 Å². The molecule has 0 amide bonds. The van der Waals surface area contributed by atoms with Crippen molar-refractivity contribution in [1.29, 1.82) is 0 Å². The Morgan fingerprint density at radius 3 is 2.12 bits per heavy atom. The van der Waals surface area contributed by atoms with Crippen molar-refractivity contribution in [1.82, 2.24) is 0 Å². The Bertz CT molecular complexity index is 637. The second kappa shape index (κ2) is 4.10. The molecule has 0 unspecified atom stereocenters. The molecule has 0 bridgehead atoms. The van der Waals surface area contributed by atoms with Crippen LogP contribution in [0.2, 0.25) is 0 Å². The van der Waals surface area contributed by atoms with E-state index in [4.69, 9.17) is 11.5 Å². The van der Waals surface area contributed by atoms with E-state index in [1.165, 1.54) is 18.2 Å². The van der Waals surface area contributed by atoms with E-state index in [2.05, 4.69) is 0 Å². The Labute approximate surface area is 99.8 Å². The first-order valence-corrected chi connectivity index (χ1v) is 6.46. The maximum absolute atomic E-state index is 12.3. The van der Waals surface area contributed by atoms with Gasteiger partial charge in [0.05, 0.1) is 21.2 Å². The highest BCUT2D eigenvalue weighted by molar-refractivity contribution is 7.91. The summed E-state index contributed by atoms with van der Waals surface area (Å²) < 4.78 is 24.5. The predicted molar refractivity (Wildman–Crippen MR) is 67.2 cm³/mol. The van der Waals surface area contributed by atoms with Crippen LogP contribution in [0.3, 0.4) is 0 Å². The van der Waals surface area contributed by atoms with Gasteiger partial charge in [-0.15, -0.1) is 0 Å². The highest BCUT2D eigenvalue weighted by Gasteiger charge is 2.20. The molecule has 0 spiro atoms. The lowest BCUT2D eigenvalue weighted by Crippen LogP contribution is -2.07. The lowest BCUT2D eigenvalue weighted by molar-refractivity contribution is 0.596. The molecule has 4 nitrogen and oxygen atoms in total. The van der Waals surface area contributed by atoms with Crippen molar-refractivity contribution < 1.29 is 8.42 Å². The van der Waals surface area contributed by atoms with Crippen LogP contribution in [0.4, 0.5) is 11.4 Å². The quantitative estimate of drug-likeness (QED) is 0.792. The summed E-state index contributed by atoms with van der Waals surface area (Å²) >= 11 is 0. The summed E-state index contributed by atoms with van der Waals surface area (Å²) in [7, 11) is -3.60. The van der Waals surface area contributed by atoms with Crippen molar-refractivity contribution in [2.24, 2.45) is 0 Å². The van der Waals surface area contributed by atoms with Crippen molar-refractivity contribution in [3.63, 3.8) is 0 Å². The van der Waals surface area contributed by atoms with Crippen LogP contribution in [-0.2, 0) is 9.84 Å². The zero-order valence-corrected chi connectivity index (χ0v) is 9.81. The van der Waals surface area contributed by atoms with Crippen molar-refractivity contribution in [2.45, 2.75) is 9.79 Å². The third-order valence-corrected chi connectivity index (χ3v) is 4.27. The summed E-state index contributed by atoms with van der Waals surface area (Å²) in [6, 6.07) is 12.7. The number of sulfone groups is 1. The topological polar surface area (TPSA) is 86.2 Å². The van der Waals surface area contributed by atoms with Gasteiger partial charge in [-0.25, -0.2) is 8.42 Å². The molecular formula is C12H12N2O2S. The van der Waals surface area contributed by atoms with Gasteiger partial charge in [-0.05, 0) is 24.3 Å². The first kappa shape index (κ1) is 11.5. The molecule has 2 aromatic rings. The van der Waals surface area contributed by atoms with Crippen LogP contribution < -0.4 is 11.5 Å². The Morgan fingerprint density at radius 1 is 0.824 bits per heavy atom. The van der Waals surface area contributed by atoms with E-state index in [1.807, 2.05) is 0 Å². The van der Waals surface area contributed by atoms with Gasteiger partial charge in [0.1, 0.15) is 0 Å². The molecule has 0 saturated carbocycles.